The Balaban J connectivity index is 2.03. The molecule has 2 N–H and O–H groups in total. The molecular weight excluding hydrogens is 318 g/mol. The number of nitriles is 1. The van der Waals surface area contributed by atoms with Gasteiger partial charge in [-0.25, -0.2) is 0 Å². The van der Waals surface area contributed by atoms with Gasteiger partial charge in [0.2, 0.25) is 0 Å². The summed E-state index contributed by atoms with van der Waals surface area (Å²) in [5.74, 6) is -0.950. The van der Waals surface area contributed by atoms with E-state index in [1.54, 1.807) is 17.8 Å². The molecule has 1 aliphatic rings. The molecule has 0 bridgehead atoms. The highest BCUT2D eigenvalue weighted by Gasteiger charge is 2.22. The quantitative estimate of drug-likeness (QED) is 0.678. The first kappa shape index (κ1) is 13.7. The van der Waals surface area contributed by atoms with E-state index in [1.165, 1.54) is 17.3 Å². The molecule has 24 heavy (non-hydrogen) atoms. The van der Waals surface area contributed by atoms with Crippen molar-refractivity contribution in [3.63, 3.8) is 0 Å². The number of rotatable bonds is 3. The molecule has 3 rings (SSSR count). The third kappa shape index (κ3) is 2.89. The molecule has 0 radical (unpaired) electrons. The summed E-state index contributed by atoms with van der Waals surface area (Å²) < 4.78 is 14.1. The summed E-state index contributed by atoms with van der Waals surface area (Å²) in [4.78, 5) is 16.1. The van der Waals surface area contributed by atoms with Crippen LogP contribution in [0.25, 0.3) is 6.08 Å². The zero-order valence-corrected chi connectivity index (χ0v) is 14.2. The molecule has 2 aromatic carbocycles. The molecule has 0 atom stereocenters. The maximum atomic E-state index is 11.7. The minimum absolute atomic E-state index is 0.0837. The number of benzene rings is 2. The van der Waals surface area contributed by atoms with Crippen molar-refractivity contribution in [1.82, 2.24) is 0 Å². The van der Waals surface area contributed by atoms with Crippen molar-refractivity contribution < 1.29 is 7.62 Å². The van der Waals surface area contributed by atoms with Crippen LogP contribution in [0, 0.1) is 18.3 Å². The van der Waals surface area contributed by atoms with Gasteiger partial charge in [0.15, 0.2) is 2.82 Å². The topological polar surface area (TPSA) is 70.1 Å². The van der Waals surface area contributed by atoms with Crippen molar-refractivity contribution in [3.05, 3.63) is 53.1 Å². The second kappa shape index (κ2) is 6.42. The maximum Gasteiger partial charge on any atom is 0.259 e. The lowest BCUT2D eigenvalue weighted by Gasteiger charge is -2.32. The highest BCUT2D eigenvalue weighted by atomic mass is 32.2. The van der Waals surface area contributed by atoms with Gasteiger partial charge in [0, 0.05) is 16.3 Å². The van der Waals surface area contributed by atoms with Crippen LogP contribution in [0.1, 0.15) is 18.1 Å². The van der Waals surface area contributed by atoms with Crippen molar-refractivity contribution in [2.45, 2.75) is 23.6 Å². The average molecular weight is 337 g/mol. The number of carbonyl (C=O) groups excluding carboxylic acids is 1. The fourth-order valence-corrected chi connectivity index (χ4v) is 3.87. The summed E-state index contributed by atoms with van der Waals surface area (Å²) in [7, 11) is 0. The highest BCUT2D eigenvalue weighted by molar-refractivity contribution is 7.99. The van der Waals surface area contributed by atoms with Crippen LogP contribution < -0.4 is 10.6 Å². The summed E-state index contributed by atoms with van der Waals surface area (Å²) in [6.07, 6.45) is 1.42. The van der Waals surface area contributed by atoms with E-state index >= 15 is 0 Å². The van der Waals surface area contributed by atoms with Crippen LogP contribution in [0.3, 0.4) is 0 Å². The average Bonchev–Trinajstić information content (AvgIpc) is 2.63. The van der Waals surface area contributed by atoms with Crippen LogP contribution in [0.15, 0.2) is 51.8 Å². The van der Waals surface area contributed by atoms with E-state index in [-0.39, 0.29) is 11.3 Å². The Morgan fingerprint density at radius 3 is 2.88 bits per heavy atom. The van der Waals surface area contributed by atoms with Crippen molar-refractivity contribution in [3.8, 4) is 6.07 Å². The second-order valence-corrected chi connectivity index (χ2v) is 6.60. The van der Waals surface area contributed by atoms with E-state index in [2.05, 4.69) is 36.9 Å². The minimum Gasteiger partial charge on any atom is -0.365 e. The van der Waals surface area contributed by atoms with Crippen molar-refractivity contribution in [2.24, 2.45) is 5.72 Å². The number of amides is 1. The summed E-state index contributed by atoms with van der Waals surface area (Å²) in [5.41, 5.74) is 3.84. The van der Waals surface area contributed by atoms with Gasteiger partial charge in [-0.2, -0.15) is 5.26 Å². The number of carbonyl (C=O) groups is 1. The van der Waals surface area contributed by atoms with Gasteiger partial charge in [-0.3, -0.25) is 4.79 Å². The van der Waals surface area contributed by atoms with Crippen LogP contribution in [0.4, 0.5) is 11.4 Å². The first-order valence-corrected chi connectivity index (χ1v) is 8.40. The smallest absolute Gasteiger partial charge is 0.259 e. The minimum atomic E-state index is -0.950. The maximum absolute atomic E-state index is 11.7. The van der Waals surface area contributed by atoms with E-state index in [0.29, 0.717) is 5.56 Å². The molecule has 120 valence electrons. The lowest BCUT2D eigenvalue weighted by molar-refractivity contribution is -0.114. The van der Waals surface area contributed by atoms with Gasteiger partial charge in [-0.1, -0.05) is 23.9 Å². The summed E-state index contributed by atoms with van der Waals surface area (Å²) in [6.45, 7) is 5.00. The third-order valence-electron chi connectivity index (χ3n) is 3.88. The van der Waals surface area contributed by atoms with Gasteiger partial charge < -0.3 is 10.6 Å². The van der Waals surface area contributed by atoms with E-state index in [1.807, 2.05) is 18.2 Å². The van der Waals surface area contributed by atoms with E-state index in [0.717, 1.165) is 22.0 Å². The van der Waals surface area contributed by atoms with Crippen molar-refractivity contribution in [2.75, 3.05) is 11.4 Å². The van der Waals surface area contributed by atoms with E-state index in [9.17, 15) is 4.79 Å². The third-order valence-corrected chi connectivity index (χ3v) is 4.99. The highest BCUT2D eigenvalue weighted by Crippen LogP contribution is 2.48. The van der Waals surface area contributed by atoms with Crippen molar-refractivity contribution in [1.29, 1.82) is 5.26 Å². The van der Waals surface area contributed by atoms with Gasteiger partial charge in [-0.05, 0) is 55.3 Å². The fraction of sp³-hybridized carbons (Fsp3) is 0.158. The molecule has 2 aromatic rings. The number of hydrogen-bond acceptors (Lipinski definition) is 4. The number of hydrogen-bond donors (Lipinski definition) is 1. The molecule has 1 amide bonds. The fourth-order valence-electron chi connectivity index (χ4n) is 2.75. The monoisotopic (exact) mass is 337 g/mol. The molecule has 4 nitrogen and oxygen atoms in total. The number of aryl methyl sites for hydroxylation is 1. The molecule has 0 saturated heterocycles. The van der Waals surface area contributed by atoms with Crippen LogP contribution in [0.5, 0.6) is 0 Å². The zero-order valence-electron chi connectivity index (χ0n) is 15.4. The van der Waals surface area contributed by atoms with E-state index < -0.39 is 5.91 Å². The van der Waals surface area contributed by atoms with Gasteiger partial charge in [0.1, 0.15) is 11.6 Å². The van der Waals surface area contributed by atoms with Crippen LogP contribution in [-0.4, -0.2) is 12.5 Å². The Kier molecular flexibility index (Phi) is 3.67. The summed E-state index contributed by atoms with van der Waals surface area (Å²) in [6, 6.07) is 13.9. The summed E-state index contributed by atoms with van der Waals surface area (Å²) in [5, 5.41) is 9.14. The predicted molar refractivity (Wildman–Crippen MR) is 97.2 cm³/mol. The molecule has 0 spiro atoms. The van der Waals surface area contributed by atoms with Crippen molar-refractivity contribution >= 4 is 35.1 Å². The Morgan fingerprint density at radius 1 is 1.33 bits per heavy atom. The van der Waals surface area contributed by atoms with Gasteiger partial charge in [-0.15, -0.1) is 0 Å². The molecule has 1 heterocycles. The zero-order chi connectivity index (χ0) is 18.8. The number of nitrogens with zero attached hydrogens (tertiary/aromatic N) is 2. The molecule has 1 aliphatic heterocycles. The first-order valence-electron chi connectivity index (χ1n) is 8.48. The van der Waals surface area contributed by atoms with Crippen LogP contribution >= 0.6 is 11.8 Å². The molecule has 0 unspecified atom stereocenters. The van der Waals surface area contributed by atoms with E-state index in [4.69, 9.17) is 8.09 Å². The Hall–Kier alpha value is -2.71. The molecule has 5 heteroatoms. The largest absolute Gasteiger partial charge is 0.365 e. The molecule has 0 aromatic heterocycles. The van der Waals surface area contributed by atoms with Gasteiger partial charge >= 0.3 is 0 Å². The predicted octanol–water partition coefficient (Wildman–Crippen LogP) is 4.01. The van der Waals surface area contributed by atoms with Gasteiger partial charge in [0.05, 0.1) is 11.4 Å². The van der Waals surface area contributed by atoms with Gasteiger partial charge in [0.25, 0.3) is 5.91 Å². The standard InChI is InChI=1S/C19H17N3OS/c1-3-22-15-6-5-13(9-14(11-20)19(21)23)10-18(15)24-17-7-4-12(2)8-16(17)22/h4-10H,3H2,1-2H3,(H2,21,23)/i/hD2. The Labute approximate surface area is 148 Å². The number of fused-ring (bicyclic) bond motifs is 2. The van der Waals surface area contributed by atoms with Crippen LogP contribution in [-0.2, 0) is 4.79 Å². The molecule has 0 saturated carbocycles. The molecule has 0 aliphatic carbocycles. The normalized spacial score (nSPS) is 14.0. The second-order valence-electron chi connectivity index (χ2n) is 5.52. The number of anilines is 2. The number of primary amides is 1. The molecular formula is C19H17N3OS. The Morgan fingerprint density at radius 2 is 2.17 bits per heavy atom. The van der Waals surface area contributed by atoms with Crippen LogP contribution in [0.2, 0.25) is 2.82 Å². The lowest BCUT2D eigenvalue weighted by Crippen LogP contribution is -2.20. The number of nitrogens with two attached hydrogens (primary N) is 1. The Bertz CT molecular complexity index is 950. The summed E-state index contributed by atoms with van der Waals surface area (Å²) >= 11 is 1.65. The SMILES string of the molecule is [2H]N([2H])C(=O)C(C#N)=Cc1ccc2c(c1)Sc1ccc(C)cc1N2CC. The lowest BCUT2D eigenvalue weighted by atomic mass is 10.1. The first-order chi connectivity index (χ1) is 12.4. The molecule has 0 fully saturated rings.